The Kier molecular flexibility index (Phi) is 4.86. The van der Waals surface area contributed by atoms with Crippen LogP contribution in [0.5, 0.6) is 11.5 Å². The summed E-state index contributed by atoms with van der Waals surface area (Å²) in [5.74, 6) is 0.917. The third kappa shape index (κ3) is 3.23. The Morgan fingerprint density at radius 2 is 2.25 bits per heavy atom. The molecule has 0 saturated heterocycles. The van der Waals surface area contributed by atoms with Gasteiger partial charge in [0.1, 0.15) is 4.88 Å². The van der Waals surface area contributed by atoms with Crippen LogP contribution in [-0.4, -0.2) is 30.3 Å². The van der Waals surface area contributed by atoms with Crippen LogP contribution in [0.15, 0.2) is 28.6 Å². The van der Waals surface area contributed by atoms with Crippen molar-refractivity contribution < 1.29 is 19.4 Å². The highest BCUT2D eigenvalue weighted by Gasteiger charge is 2.12. The first-order valence-corrected chi connectivity index (χ1v) is 7.52. The minimum Gasteiger partial charge on any atom is -0.493 e. The standard InChI is InChI=1S/C13H13NO4S2/c1-17-10-3-4-14-9(12(10)18-2)7-19-8-5-11(13(15)16)20-6-8/h3-6H,7H2,1-2H3,(H,15,16). The van der Waals surface area contributed by atoms with E-state index in [2.05, 4.69) is 4.98 Å². The molecule has 0 saturated carbocycles. The van der Waals surface area contributed by atoms with Crippen LogP contribution < -0.4 is 9.47 Å². The third-order valence-electron chi connectivity index (χ3n) is 2.53. The number of pyridine rings is 1. The van der Waals surface area contributed by atoms with Gasteiger partial charge in [-0.2, -0.15) is 0 Å². The number of ether oxygens (including phenoxy) is 2. The minimum absolute atomic E-state index is 0.332. The molecule has 2 rings (SSSR count). The molecule has 0 atom stereocenters. The highest BCUT2D eigenvalue weighted by molar-refractivity contribution is 7.98. The Balaban J connectivity index is 2.12. The number of nitrogens with zero attached hydrogens (tertiary/aromatic N) is 1. The van der Waals surface area contributed by atoms with Gasteiger partial charge in [-0.3, -0.25) is 4.98 Å². The number of thioether (sulfide) groups is 1. The predicted octanol–water partition coefficient (Wildman–Crippen LogP) is 3.15. The molecule has 106 valence electrons. The summed E-state index contributed by atoms with van der Waals surface area (Å²) in [5, 5.41) is 10.7. The second-order valence-electron chi connectivity index (χ2n) is 3.73. The first-order valence-electron chi connectivity index (χ1n) is 5.66. The third-order valence-corrected chi connectivity index (χ3v) is 4.58. The van der Waals surface area contributed by atoms with Crippen molar-refractivity contribution in [1.82, 2.24) is 4.98 Å². The van der Waals surface area contributed by atoms with Crippen LogP contribution in [0.25, 0.3) is 0 Å². The highest BCUT2D eigenvalue weighted by atomic mass is 32.2. The summed E-state index contributed by atoms with van der Waals surface area (Å²) in [5.41, 5.74) is 0.764. The van der Waals surface area contributed by atoms with Gasteiger partial charge in [0, 0.05) is 28.3 Å². The van der Waals surface area contributed by atoms with Gasteiger partial charge in [-0.25, -0.2) is 4.79 Å². The second-order valence-corrected chi connectivity index (χ2v) is 5.69. The fraction of sp³-hybridized carbons (Fsp3) is 0.231. The Morgan fingerprint density at radius 1 is 1.45 bits per heavy atom. The average molecular weight is 311 g/mol. The van der Waals surface area contributed by atoms with Gasteiger partial charge in [0.05, 0.1) is 19.9 Å². The number of carboxylic acid groups (broad SMARTS) is 1. The number of hydrogen-bond acceptors (Lipinski definition) is 6. The number of carboxylic acids is 1. The molecule has 0 aliphatic rings. The predicted molar refractivity (Wildman–Crippen MR) is 78.2 cm³/mol. The van der Waals surface area contributed by atoms with E-state index in [4.69, 9.17) is 14.6 Å². The Hall–Kier alpha value is -1.73. The maximum Gasteiger partial charge on any atom is 0.345 e. The lowest BCUT2D eigenvalue weighted by atomic mass is 10.3. The van der Waals surface area contributed by atoms with E-state index in [0.717, 1.165) is 10.6 Å². The molecule has 2 heterocycles. The zero-order chi connectivity index (χ0) is 14.5. The van der Waals surface area contributed by atoms with E-state index in [1.807, 2.05) is 5.38 Å². The number of rotatable bonds is 6. The van der Waals surface area contributed by atoms with E-state index < -0.39 is 5.97 Å². The maximum atomic E-state index is 10.8. The molecular formula is C13H13NO4S2. The number of hydrogen-bond donors (Lipinski definition) is 1. The van der Waals surface area contributed by atoms with E-state index in [1.54, 1.807) is 32.5 Å². The Bertz CT molecular complexity index is 612. The molecule has 0 aliphatic carbocycles. The van der Waals surface area contributed by atoms with Gasteiger partial charge < -0.3 is 14.6 Å². The number of carbonyl (C=O) groups is 1. The number of aromatic carboxylic acids is 1. The van der Waals surface area contributed by atoms with Crippen molar-refractivity contribution in [1.29, 1.82) is 0 Å². The van der Waals surface area contributed by atoms with Gasteiger partial charge in [0.25, 0.3) is 0 Å². The molecule has 2 aromatic heterocycles. The van der Waals surface area contributed by atoms with Crippen molar-refractivity contribution in [2.45, 2.75) is 10.6 Å². The van der Waals surface area contributed by atoms with E-state index in [-0.39, 0.29) is 0 Å². The molecule has 0 bridgehead atoms. The van der Waals surface area contributed by atoms with Crippen molar-refractivity contribution in [3.8, 4) is 11.5 Å². The summed E-state index contributed by atoms with van der Waals surface area (Å²) < 4.78 is 10.5. The van der Waals surface area contributed by atoms with Gasteiger partial charge in [-0.15, -0.1) is 23.1 Å². The molecule has 0 unspecified atom stereocenters. The van der Waals surface area contributed by atoms with Crippen molar-refractivity contribution in [2.24, 2.45) is 0 Å². The summed E-state index contributed by atoms with van der Waals surface area (Å²) in [6.45, 7) is 0. The quantitative estimate of drug-likeness (QED) is 0.827. The van der Waals surface area contributed by atoms with Gasteiger partial charge in [0.2, 0.25) is 0 Å². The summed E-state index contributed by atoms with van der Waals surface area (Å²) in [4.78, 5) is 16.3. The van der Waals surface area contributed by atoms with Gasteiger partial charge >= 0.3 is 5.97 Å². The zero-order valence-electron chi connectivity index (χ0n) is 11.0. The summed E-state index contributed by atoms with van der Waals surface area (Å²) in [6, 6.07) is 3.39. The molecule has 7 heteroatoms. The lowest BCUT2D eigenvalue weighted by Crippen LogP contribution is -1.97. The Morgan fingerprint density at radius 3 is 2.85 bits per heavy atom. The largest absolute Gasteiger partial charge is 0.493 e. The highest BCUT2D eigenvalue weighted by Crippen LogP contribution is 2.34. The number of methoxy groups -OCH3 is 2. The Labute approximate surface area is 124 Å². The van der Waals surface area contributed by atoms with Crippen LogP contribution in [0.2, 0.25) is 0 Å². The average Bonchev–Trinajstić information content (AvgIpc) is 2.93. The van der Waals surface area contributed by atoms with Crippen LogP contribution in [0, 0.1) is 0 Å². The topological polar surface area (TPSA) is 68.7 Å². The van der Waals surface area contributed by atoms with E-state index in [0.29, 0.717) is 22.1 Å². The fourth-order valence-electron chi connectivity index (χ4n) is 1.61. The summed E-state index contributed by atoms with van der Waals surface area (Å²) >= 11 is 2.72. The zero-order valence-corrected chi connectivity index (χ0v) is 12.6. The molecule has 0 aliphatic heterocycles. The van der Waals surface area contributed by atoms with E-state index >= 15 is 0 Å². The maximum absolute atomic E-state index is 10.8. The van der Waals surface area contributed by atoms with Gasteiger partial charge in [-0.05, 0) is 6.07 Å². The first kappa shape index (κ1) is 14.7. The number of aromatic nitrogens is 1. The van der Waals surface area contributed by atoms with Crippen LogP contribution >= 0.6 is 23.1 Å². The van der Waals surface area contributed by atoms with Crippen LogP contribution in [0.4, 0.5) is 0 Å². The molecule has 0 fully saturated rings. The molecule has 0 amide bonds. The van der Waals surface area contributed by atoms with E-state index in [9.17, 15) is 4.79 Å². The smallest absolute Gasteiger partial charge is 0.345 e. The lowest BCUT2D eigenvalue weighted by Gasteiger charge is -2.10. The van der Waals surface area contributed by atoms with E-state index in [1.165, 1.54) is 23.1 Å². The molecule has 0 spiro atoms. The molecule has 0 radical (unpaired) electrons. The minimum atomic E-state index is -0.904. The van der Waals surface area contributed by atoms with Crippen molar-refractivity contribution in [3.63, 3.8) is 0 Å². The summed E-state index contributed by atoms with van der Waals surface area (Å²) in [6.07, 6.45) is 1.66. The molecule has 5 nitrogen and oxygen atoms in total. The van der Waals surface area contributed by atoms with Gasteiger partial charge in [0.15, 0.2) is 11.5 Å². The van der Waals surface area contributed by atoms with Crippen molar-refractivity contribution in [3.05, 3.63) is 34.3 Å². The first-order chi connectivity index (χ1) is 9.65. The molecule has 2 aromatic rings. The molecule has 0 aromatic carbocycles. The SMILES string of the molecule is COc1ccnc(CSc2csc(C(=O)O)c2)c1OC. The lowest BCUT2D eigenvalue weighted by molar-refractivity contribution is 0.0702. The number of thiophene rings is 1. The normalized spacial score (nSPS) is 10.3. The monoisotopic (exact) mass is 311 g/mol. The van der Waals surface area contributed by atoms with Crippen LogP contribution in [-0.2, 0) is 5.75 Å². The van der Waals surface area contributed by atoms with Crippen molar-refractivity contribution >= 4 is 29.1 Å². The van der Waals surface area contributed by atoms with Gasteiger partial charge in [-0.1, -0.05) is 0 Å². The van der Waals surface area contributed by atoms with Crippen molar-refractivity contribution in [2.75, 3.05) is 14.2 Å². The van der Waals surface area contributed by atoms with Crippen LogP contribution in [0.1, 0.15) is 15.4 Å². The molecular weight excluding hydrogens is 298 g/mol. The molecule has 1 N–H and O–H groups in total. The summed E-state index contributed by atoms with van der Waals surface area (Å²) in [7, 11) is 3.15. The van der Waals surface area contributed by atoms with Crippen LogP contribution in [0.3, 0.4) is 0 Å². The second kappa shape index (κ2) is 6.62. The fourth-order valence-corrected chi connectivity index (χ4v) is 3.42. The molecule has 20 heavy (non-hydrogen) atoms.